The maximum Gasteiger partial charge on any atom is 0.331 e. The van der Waals surface area contributed by atoms with Crippen molar-refractivity contribution in [1.82, 2.24) is 0 Å². The summed E-state index contributed by atoms with van der Waals surface area (Å²) in [5.41, 5.74) is 1.11. The first kappa shape index (κ1) is 28.4. The Bertz CT molecular complexity index is 946. The Morgan fingerprint density at radius 1 is 1.08 bits per heavy atom. The summed E-state index contributed by atoms with van der Waals surface area (Å²) >= 11 is 0. The van der Waals surface area contributed by atoms with Gasteiger partial charge in [0.2, 0.25) is 0 Å². The van der Waals surface area contributed by atoms with Gasteiger partial charge in [-0.2, -0.15) is 0 Å². The van der Waals surface area contributed by atoms with E-state index in [0.717, 1.165) is 12.0 Å². The van der Waals surface area contributed by atoms with Crippen LogP contribution in [0.1, 0.15) is 71.6 Å². The quantitative estimate of drug-likeness (QED) is 0.254. The molecule has 8 N–H and O–H groups in total. The van der Waals surface area contributed by atoms with Crippen molar-refractivity contribution in [3.05, 3.63) is 11.6 Å². The molecule has 0 amide bonds. The lowest BCUT2D eigenvalue weighted by Crippen LogP contribution is -2.70. The number of fused-ring (bicyclic) bond motifs is 5. The van der Waals surface area contributed by atoms with Gasteiger partial charge in [-0.05, 0) is 81.6 Å². The lowest BCUT2D eigenvalue weighted by atomic mass is 9.41. The first-order valence-corrected chi connectivity index (χ1v) is 13.4. The monoisotopic (exact) mass is 525 g/mol. The van der Waals surface area contributed by atoms with Gasteiger partial charge in [-0.1, -0.05) is 6.92 Å². The highest BCUT2D eigenvalue weighted by Crippen LogP contribution is 2.70. The predicted molar refractivity (Wildman–Crippen MR) is 132 cm³/mol. The van der Waals surface area contributed by atoms with Crippen LogP contribution in [-0.2, 0) is 14.3 Å². The number of aliphatic carboxylic acids is 1. The Balaban J connectivity index is 0.000000405. The van der Waals surface area contributed by atoms with E-state index in [-0.39, 0.29) is 62.8 Å². The summed E-state index contributed by atoms with van der Waals surface area (Å²) in [4.78, 5) is 24.3. The number of carbonyl (C=O) groups is 2. The average Bonchev–Trinajstić information content (AvgIpc) is 3.38. The molecule has 0 aromatic carbocycles. The minimum absolute atomic E-state index is 0.0460. The van der Waals surface area contributed by atoms with Crippen molar-refractivity contribution in [3.63, 3.8) is 0 Å². The Morgan fingerprint density at radius 3 is 2.27 bits per heavy atom. The summed E-state index contributed by atoms with van der Waals surface area (Å²) in [6, 6.07) is 0. The molecule has 10 nitrogen and oxygen atoms in total. The topological polar surface area (TPSA) is 191 Å². The lowest BCUT2D eigenvalue weighted by molar-refractivity contribution is -0.260. The number of aliphatic hydroxyl groups excluding tert-OH is 3. The fourth-order valence-electron chi connectivity index (χ4n) is 8.54. The molecule has 0 aromatic heterocycles. The molecule has 10 heteroatoms. The first-order chi connectivity index (χ1) is 17.2. The second-order valence-electron chi connectivity index (χ2n) is 12.7. The number of ether oxygens (including phenoxy) is 1. The van der Waals surface area contributed by atoms with E-state index in [9.17, 15) is 30.0 Å². The Labute approximate surface area is 217 Å². The largest absolute Gasteiger partial charge is 0.481 e. The highest BCUT2D eigenvalue weighted by molar-refractivity contribution is 5.85. The lowest BCUT2D eigenvalue weighted by Gasteiger charge is -2.65. The maximum atomic E-state index is 12.7. The van der Waals surface area contributed by atoms with Gasteiger partial charge in [0, 0.05) is 17.9 Å². The van der Waals surface area contributed by atoms with E-state index in [2.05, 4.69) is 6.92 Å². The van der Waals surface area contributed by atoms with Gasteiger partial charge in [0.1, 0.15) is 6.61 Å². The Hall–Kier alpha value is -1.56. The fourth-order valence-corrected chi connectivity index (χ4v) is 8.54. The number of carboxylic acids is 1. The number of esters is 1. The van der Waals surface area contributed by atoms with Crippen LogP contribution in [0.5, 0.6) is 0 Å². The molecule has 5 rings (SSSR count). The van der Waals surface area contributed by atoms with Gasteiger partial charge in [-0.15, -0.1) is 0 Å². The number of carboxylic acid groups (broad SMARTS) is 1. The molecule has 8 atom stereocenters. The molecule has 210 valence electrons. The summed E-state index contributed by atoms with van der Waals surface area (Å²) < 4.78 is 5.14. The van der Waals surface area contributed by atoms with Crippen LogP contribution >= 0.6 is 0 Å². The SMILES string of the molecule is CC(N)(CO)CO.C[C@]12CC[C@H]3[C@@H](CC[C@]4(O)C[C@@H](O)CC[C@]34C(=O)O)[C@@]1(O)CC[C@@H]2C1=CC(=O)OC1. The van der Waals surface area contributed by atoms with Crippen LogP contribution < -0.4 is 5.73 Å². The number of aliphatic hydroxyl groups is 5. The smallest absolute Gasteiger partial charge is 0.331 e. The zero-order valence-corrected chi connectivity index (χ0v) is 21.9. The standard InChI is InChI=1S/C23H32O7.C4H11NO2/c1-20-6-3-16-17(23(20,29)9-5-15(20)13-10-18(25)30-12-13)4-7-21(28)11-14(24)2-8-22(16,21)19(26)27;1-4(5,2-6)3-7/h10,14-17,24,28-29H,2-9,11-12H2,1H3,(H,26,27);6-7H,2-3,5H2,1H3/t14-,15+,16-,17+,20+,21-,22+,23-;/m0./s1. The van der Waals surface area contributed by atoms with Gasteiger partial charge in [-0.25, -0.2) is 4.79 Å². The van der Waals surface area contributed by atoms with E-state index < -0.39 is 39.6 Å². The molecule has 1 heterocycles. The molecule has 4 aliphatic carbocycles. The molecule has 0 aromatic rings. The van der Waals surface area contributed by atoms with Gasteiger partial charge in [-0.3, -0.25) is 4.79 Å². The zero-order valence-electron chi connectivity index (χ0n) is 21.9. The molecule has 0 unspecified atom stereocenters. The number of nitrogens with two attached hydrogens (primary N) is 1. The van der Waals surface area contributed by atoms with Crippen molar-refractivity contribution in [2.24, 2.45) is 34.3 Å². The van der Waals surface area contributed by atoms with Gasteiger partial charge in [0.05, 0.1) is 41.5 Å². The summed E-state index contributed by atoms with van der Waals surface area (Å²) in [6.07, 6.45) is 5.00. The summed E-state index contributed by atoms with van der Waals surface area (Å²) in [5, 5.41) is 60.8. The van der Waals surface area contributed by atoms with Crippen LogP contribution in [0.4, 0.5) is 0 Å². The number of carbonyl (C=O) groups excluding carboxylic acids is 1. The van der Waals surface area contributed by atoms with Crippen LogP contribution in [-0.4, -0.2) is 85.2 Å². The molecule has 5 aliphatic rings. The van der Waals surface area contributed by atoms with Gasteiger partial charge < -0.3 is 41.1 Å². The zero-order chi connectivity index (χ0) is 27.4. The summed E-state index contributed by atoms with van der Waals surface area (Å²) in [7, 11) is 0. The molecule has 4 fully saturated rings. The van der Waals surface area contributed by atoms with E-state index in [1.54, 1.807) is 13.0 Å². The van der Waals surface area contributed by atoms with Crippen molar-refractivity contribution in [1.29, 1.82) is 0 Å². The third kappa shape index (κ3) is 4.24. The first-order valence-electron chi connectivity index (χ1n) is 13.4. The predicted octanol–water partition coefficient (Wildman–Crippen LogP) is 0.472. The van der Waals surface area contributed by atoms with Crippen molar-refractivity contribution in [2.75, 3.05) is 19.8 Å². The molecule has 0 spiro atoms. The summed E-state index contributed by atoms with van der Waals surface area (Å²) in [5.74, 6) is -1.82. The second kappa shape index (κ2) is 9.57. The van der Waals surface area contributed by atoms with Gasteiger partial charge >= 0.3 is 11.9 Å². The molecular formula is C27H43NO9. The molecule has 4 saturated carbocycles. The number of rotatable bonds is 4. The van der Waals surface area contributed by atoms with Crippen molar-refractivity contribution < 1.29 is 45.0 Å². The van der Waals surface area contributed by atoms with Crippen LogP contribution in [0.25, 0.3) is 0 Å². The maximum absolute atomic E-state index is 12.7. The van der Waals surface area contributed by atoms with Crippen molar-refractivity contribution in [3.8, 4) is 0 Å². The van der Waals surface area contributed by atoms with Crippen LogP contribution in [0, 0.1) is 28.6 Å². The highest BCUT2D eigenvalue weighted by atomic mass is 16.5. The van der Waals surface area contributed by atoms with E-state index in [1.807, 2.05) is 0 Å². The van der Waals surface area contributed by atoms with E-state index in [0.29, 0.717) is 32.1 Å². The van der Waals surface area contributed by atoms with E-state index in [4.69, 9.17) is 20.7 Å². The van der Waals surface area contributed by atoms with E-state index in [1.165, 1.54) is 0 Å². The molecule has 0 bridgehead atoms. The molecule has 0 radical (unpaired) electrons. The second-order valence-corrected chi connectivity index (χ2v) is 12.7. The van der Waals surface area contributed by atoms with Crippen LogP contribution in [0.2, 0.25) is 0 Å². The molecule has 0 saturated heterocycles. The van der Waals surface area contributed by atoms with Gasteiger partial charge in [0.15, 0.2) is 0 Å². The normalized spacial score (nSPS) is 45.0. The number of hydrogen-bond acceptors (Lipinski definition) is 9. The van der Waals surface area contributed by atoms with Crippen LogP contribution in [0.3, 0.4) is 0 Å². The van der Waals surface area contributed by atoms with Gasteiger partial charge in [0.25, 0.3) is 0 Å². The number of hydrogen-bond donors (Lipinski definition) is 7. The minimum atomic E-state index is -1.44. The average molecular weight is 526 g/mol. The molecule has 1 aliphatic heterocycles. The molecule has 37 heavy (non-hydrogen) atoms. The molecular weight excluding hydrogens is 482 g/mol. The minimum Gasteiger partial charge on any atom is -0.481 e. The Kier molecular flexibility index (Phi) is 7.36. The van der Waals surface area contributed by atoms with Crippen molar-refractivity contribution in [2.45, 2.75) is 94.5 Å². The summed E-state index contributed by atoms with van der Waals surface area (Å²) in [6.45, 7) is 3.59. The Morgan fingerprint density at radius 2 is 1.73 bits per heavy atom. The fraction of sp³-hybridized carbons (Fsp3) is 0.852. The highest BCUT2D eigenvalue weighted by Gasteiger charge is 2.73. The third-order valence-electron chi connectivity index (χ3n) is 10.7. The van der Waals surface area contributed by atoms with Crippen molar-refractivity contribution >= 4 is 11.9 Å². The van der Waals surface area contributed by atoms with E-state index >= 15 is 0 Å². The third-order valence-corrected chi connectivity index (χ3v) is 10.7. The number of cyclic esters (lactones) is 1. The van der Waals surface area contributed by atoms with Crippen LogP contribution in [0.15, 0.2) is 11.6 Å².